The normalized spacial score (nSPS) is 18.2. The Hall–Kier alpha value is -0.850. The van der Waals surface area contributed by atoms with Gasteiger partial charge in [0.2, 0.25) is 0 Å². The van der Waals surface area contributed by atoms with Crippen LogP contribution < -0.4 is 10.6 Å². The first-order valence-electron chi connectivity index (χ1n) is 9.94. The number of guanidine groups is 1. The van der Waals surface area contributed by atoms with E-state index >= 15 is 0 Å². The summed E-state index contributed by atoms with van der Waals surface area (Å²) >= 11 is 0. The molecule has 6 heteroatoms. The van der Waals surface area contributed by atoms with E-state index in [1.165, 1.54) is 0 Å². The van der Waals surface area contributed by atoms with Crippen LogP contribution in [0.5, 0.6) is 0 Å². The molecule has 1 heterocycles. The summed E-state index contributed by atoms with van der Waals surface area (Å²) in [5, 5.41) is 6.90. The zero-order valence-corrected chi connectivity index (χ0v) is 17.3. The molecular formula is C19H41N5O. The fraction of sp³-hybridized carbons (Fsp3) is 0.947. The summed E-state index contributed by atoms with van der Waals surface area (Å²) in [4.78, 5) is 9.36. The van der Waals surface area contributed by atoms with Crippen molar-refractivity contribution < 1.29 is 4.74 Å². The predicted molar refractivity (Wildman–Crippen MR) is 107 cm³/mol. The average Bonchev–Trinajstić information content (AvgIpc) is 2.57. The number of aliphatic imine (C=N–C) groups is 1. The minimum Gasteiger partial charge on any atom is -0.379 e. The fourth-order valence-corrected chi connectivity index (χ4v) is 3.36. The van der Waals surface area contributed by atoms with Crippen LogP contribution in [0.1, 0.15) is 41.0 Å². The molecule has 1 unspecified atom stereocenters. The lowest BCUT2D eigenvalue weighted by Crippen LogP contribution is -2.44. The molecule has 2 N–H and O–H groups in total. The van der Waals surface area contributed by atoms with Gasteiger partial charge in [0.25, 0.3) is 0 Å². The molecule has 1 aliphatic rings. The van der Waals surface area contributed by atoms with Crippen LogP contribution >= 0.6 is 0 Å². The van der Waals surface area contributed by atoms with Crippen molar-refractivity contribution in [2.24, 2.45) is 10.9 Å². The molecule has 0 aromatic rings. The summed E-state index contributed by atoms with van der Waals surface area (Å²) in [5.41, 5.74) is 0. The molecule has 0 spiro atoms. The Kier molecular flexibility index (Phi) is 11.1. The van der Waals surface area contributed by atoms with Crippen LogP contribution in [0.25, 0.3) is 0 Å². The number of hydrogen-bond donors (Lipinski definition) is 2. The van der Waals surface area contributed by atoms with Gasteiger partial charge in [-0.05, 0) is 40.0 Å². The highest BCUT2D eigenvalue weighted by atomic mass is 16.5. The maximum absolute atomic E-state index is 5.41. The molecule has 148 valence electrons. The van der Waals surface area contributed by atoms with Gasteiger partial charge < -0.3 is 15.4 Å². The van der Waals surface area contributed by atoms with Gasteiger partial charge in [-0.25, -0.2) is 0 Å². The maximum Gasteiger partial charge on any atom is 0.190 e. The molecule has 0 radical (unpaired) electrons. The zero-order valence-electron chi connectivity index (χ0n) is 17.3. The highest BCUT2D eigenvalue weighted by molar-refractivity contribution is 5.79. The molecule has 1 atom stereocenters. The Morgan fingerprint density at radius 1 is 1.08 bits per heavy atom. The van der Waals surface area contributed by atoms with Crippen molar-refractivity contribution >= 4 is 5.96 Å². The third-order valence-electron chi connectivity index (χ3n) is 4.73. The molecule has 0 amide bonds. The molecule has 0 bridgehead atoms. The molecule has 1 rings (SSSR count). The summed E-state index contributed by atoms with van der Waals surface area (Å²) in [6.45, 7) is 19.3. The van der Waals surface area contributed by atoms with Crippen LogP contribution in [0.3, 0.4) is 0 Å². The van der Waals surface area contributed by atoms with Gasteiger partial charge in [0.1, 0.15) is 0 Å². The third kappa shape index (κ3) is 9.42. The smallest absolute Gasteiger partial charge is 0.190 e. The zero-order chi connectivity index (χ0) is 18.7. The lowest BCUT2D eigenvalue weighted by molar-refractivity contribution is 0.0320. The predicted octanol–water partition coefficient (Wildman–Crippen LogP) is 1.63. The van der Waals surface area contributed by atoms with Gasteiger partial charge in [-0.15, -0.1) is 0 Å². The Labute approximate surface area is 155 Å². The number of rotatable bonds is 10. The molecule has 1 fully saturated rings. The first-order valence-corrected chi connectivity index (χ1v) is 9.94. The number of ether oxygens (including phenoxy) is 1. The molecule has 25 heavy (non-hydrogen) atoms. The van der Waals surface area contributed by atoms with Gasteiger partial charge in [0.15, 0.2) is 5.96 Å². The Bertz CT molecular complexity index is 359. The Morgan fingerprint density at radius 3 is 2.28 bits per heavy atom. The Morgan fingerprint density at radius 2 is 1.72 bits per heavy atom. The van der Waals surface area contributed by atoms with E-state index in [1.54, 1.807) is 0 Å². The second kappa shape index (κ2) is 12.5. The molecule has 1 aliphatic heterocycles. The third-order valence-corrected chi connectivity index (χ3v) is 4.73. The van der Waals surface area contributed by atoms with Crippen molar-refractivity contribution in [3.05, 3.63) is 0 Å². The lowest BCUT2D eigenvalue weighted by atomic mass is 10.1. The first kappa shape index (κ1) is 22.2. The number of hydrogen-bond acceptors (Lipinski definition) is 4. The Balaban J connectivity index is 2.19. The molecule has 0 aliphatic carbocycles. The quantitative estimate of drug-likeness (QED) is 0.354. The van der Waals surface area contributed by atoms with Crippen LogP contribution in [0.4, 0.5) is 0 Å². The van der Waals surface area contributed by atoms with Crippen LogP contribution in [-0.2, 0) is 4.74 Å². The fourth-order valence-electron chi connectivity index (χ4n) is 3.36. The highest BCUT2D eigenvalue weighted by Crippen LogP contribution is 2.05. The van der Waals surface area contributed by atoms with Crippen LogP contribution in [0, 0.1) is 5.92 Å². The molecule has 0 aromatic carbocycles. The van der Waals surface area contributed by atoms with Crippen molar-refractivity contribution in [3.63, 3.8) is 0 Å². The maximum atomic E-state index is 5.41. The summed E-state index contributed by atoms with van der Waals surface area (Å²) < 4.78 is 5.41. The van der Waals surface area contributed by atoms with Crippen LogP contribution in [0.15, 0.2) is 4.99 Å². The second-order valence-corrected chi connectivity index (χ2v) is 7.68. The van der Waals surface area contributed by atoms with Crippen molar-refractivity contribution in [2.75, 3.05) is 59.5 Å². The summed E-state index contributed by atoms with van der Waals surface area (Å²) in [5.74, 6) is 1.50. The van der Waals surface area contributed by atoms with Crippen molar-refractivity contribution in [2.45, 2.75) is 53.1 Å². The summed E-state index contributed by atoms with van der Waals surface area (Å²) in [6.07, 6.45) is 1.13. The summed E-state index contributed by atoms with van der Waals surface area (Å²) in [7, 11) is 1.84. The molecule has 1 saturated heterocycles. The van der Waals surface area contributed by atoms with Crippen molar-refractivity contribution in [1.82, 2.24) is 20.4 Å². The van der Waals surface area contributed by atoms with Gasteiger partial charge >= 0.3 is 0 Å². The van der Waals surface area contributed by atoms with E-state index in [0.29, 0.717) is 18.0 Å². The average molecular weight is 356 g/mol. The van der Waals surface area contributed by atoms with E-state index in [1.807, 2.05) is 7.05 Å². The standard InChI is InChI=1S/C19H41N5O/c1-16(2)24(17(3)4)9-7-8-21-19(20-6)22-14-18(5)15-23-10-12-25-13-11-23/h16-18H,7-15H2,1-6H3,(H2,20,21,22). The van der Waals surface area contributed by atoms with Crippen molar-refractivity contribution in [1.29, 1.82) is 0 Å². The van der Waals surface area contributed by atoms with Gasteiger partial charge in [0.05, 0.1) is 13.2 Å². The number of nitrogens with one attached hydrogen (secondary N) is 2. The van der Waals surface area contributed by atoms with Gasteiger partial charge in [-0.3, -0.25) is 14.8 Å². The second-order valence-electron chi connectivity index (χ2n) is 7.68. The first-order chi connectivity index (χ1) is 11.9. The van der Waals surface area contributed by atoms with Crippen LogP contribution in [0.2, 0.25) is 0 Å². The van der Waals surface area contributed by atoms with E-state index in [9.17, 15) is 0 Å². The monoisotopic (exact) mass is 355 g/mol. The van der Waals surface area contributed by atoms with E-state index < -0.39 is 0 Å². The summed E-state index contributed by atoms with van der Waals surface area (Å²) in [6, 6.07) is 1.19. The lowest BCUT2D eigenvalue weighted by Gasteiger charge is -2.30. The highest BCUT2D eigenvalue weighted by Gasteiger charge is 2.14. The van der Waals surface area contributed by atoms with E-state index in [4.69, 9.17) is 4.74 Å². The van der Waals surface area contributed by atoms with Crippen molar-refractivity contribution in [3.8, 4) is 0 Å². The van der Waals surface area contributed by atoms with Gasteiger partial charge in [0, 0.05) is 58.4 Å². The number of nitrogens with zero attached hydrogens (tertiary/aromatic N) is 3. The SMILES string of the molecule is CN=C(NCCCN(C(C)C)C(C)C)NCC(C)CN1CCOCC1. The minimum atomic E-state index is 0.592. The van der Waals surface area contributed by atoms with Crippen LogP contribution in [-0.4, -0.2) is 87.4 Å². The van der Waals surface area contributed by atoms with E-state index in [2.05, 4.69) is 60.0 Å². The molecule has 0 saturated carbocycles. The topological polar surface area (TPSA) is 52.1 Å². The number of morpholine rings is 1. The molecular weight excluding hydrogens is 314 g/mol. The largest absolute Gasteiger partial charge is 0.379 e. The molecule has 0 aromatic heterocycles. The molecule has 6 nitrogen and oxygen atoms in total. The van der Waals surface area contributed by atoms with E-state index in [0.717, 1.165) is 64.9 Å². The van der Waals surface area contributed by atoms with Gasteiger partial charge in [-0.2, -0.15) is 0 Å². The van der Waals surface area contributed by atoms with Gasteiger partial charge in [-0.1, -0.05) is 6.92 Å². The van der Waals surface area contributed by atoms with E-state index in [-0.39, 0.29) is 0 Å². The minimum absolute atomic E-state index is 0.592.